The van der Waals surface area contributed by atoms with Crippen molar-refractivity contribution in [3.8, 4) is 51.7 Å². The Balaban J connectivity index is 1.06. The highest BCUT2D eigenvalue weighted by Crippen LogP contribution is 2.54. The maximum Gasteiger partial charge on any atom is 0.231 e. The van der Waals surface area contributed by atoms with Crippen LogP contribution in [0.25, 0.3) is 0 Å². The third-order valence-corrected chi connectivity index (χ3v) is 8.76. The van der Waals surface area contributed by atoms with Crippen LogP contribution in [0.2, 0.25) is 0 Å². The van der Waals surface area contributed by atoms with E-state index in [1.54, 1.807) is 32.4 Å². The van der Waals surface area contributed by atoms with Crippen LogP contribution in [0.3, 0.4) is 0 Å². The number of hydrogen-bond donors (Lipinski definition) is 1. The molecule has 0 bridgehead atoms. The lowest BCUT2D eigenvalue weighted by atomic mass is 9.85. The van der Waals surface area contributed by atoms with Crippen molar-refractivity contribution in [3.63, 3.8) is 0 Å². The van der Waals surface area contributed by atoms with Gasteiger partial charge in [0.2, 0.25) is 19.9 Å². The normalized spacial score (nSPS) is 28.6. The highest BCUT2D eigenvalue weighted by Gasteiger charge is 2.61. The Labute approximate surface area is 258 Å². The van der Waals surface area contributed by atoms with E-state index in [1.165, 1.54) is 7.11 Å². The van der Waals surface area contributed by atoms with Gasteiger partial charge in [-0.2, -0.15) is 0 Å². The molecule has 0 aliphatic carbocycles. The number of fused-ring (bicyclic) bond motifs is 4. The number of rotatable bonds is 8. The predicted molar refractivity (Wildman–Crippen MR) is 152 cm³/mol. The summed E-state index contributed by atoms with van der Waals surface area (Å²) < 4.78 is 70.1. The zero-order valence-electron chi connectivity index (χ0n) is 24.8. The summed E-state index contributed by atoms with van der Waals surface area (Å²) in [4.78, 5) is 0. The molecule has 238 valence electrons. The summed E-state index contributed by atoms with van der Waals surface area (Å²) >= 11 is 0. The van der Waals surface area contributed by atoms with Gasteiger partial charge in [-0.15, -0.1) is 0 Å². The van der Waals surface area contributed by atoms with E-state index in [2.05, 4.69) is 0 Å². The summed E-state index contributed by atoms with van der Waals surface area (Å²) in [6.07, 6.45) is -2.56. The number of ether oxygens (including phenoxy) is 12. The van der Waals surface area contributed by atoms with E-state index in [0.717, 1.165) is 5.56 Å². The predicted octanol–water partition coefficient (Wildman–Crippen LogP) is 3.54. The van der Waals surface area contributed by atoms with Gasteiger partial charge >= 0.3 is 0 Å². The molecule has 13 nitrogen and oxygen atoms in total. The van der Waals surface area contributed by atoms with Crippen molar-refractivity contribution in [2.75, 3.05) is 54.7 Å². The van der Waals surface area contributed by atoms with Gasteiger partial charge in [-0.25, -0.2) is 0 Å². The Morgan fingerprint density at radius 1 is 0.733 bits per heavy atom. The lowest BCUT2D eigenvalue weighted by Gasteiger charge is -2.35. The highest BCUT2D eigenvalue weighted by atomic mass is 16.7. The monoisotopic (exact) mass is 624 g/mol. The van der Waals surface area contributed by atoms with E-state index in [0.29, 0.717) is 57.3 Å². The summed E-state index contributed by atoms with van der Waals surface area (Å²) in [6.45, 7) is 0.699. The molecule has 0 amide bonds. The smallest absolute Gasteiger partial charge is 0.231 e. The van der Waals surface area contributed by atoms with Gasteiger partial charge in [0.05, 0.1) is 46.1 Å². The van der Waals surface area contributed by atoms with Crippen molar-refractivity contribution in [1.82, 2.24) is 0 Å². The summed E-state index contributed by atoms with van der Waals surface area (Å²) in [5, 5.41) is 11.9. The van der Waals surface area contributed by atoms with Gasteiger partial charge in [-0.1, -0.05) is 6.07 Å². The fourth-order valence-corrected chi connectivity index (χ4v) is 6.47. The number of methoxy groups -OCH3 is 3. The summed E-state index contributed by atoms with van der Waals surface area (Å²) in [5.41, 5.74) is 0.0729. The van der Waals surface area contributed by atoms with Crippen LogP contribution in [0.5, 0.6) is 51.7 Å². The van der Waals surface area contributed by atoms with Gasteiger partial charge in [0.1, 0.15) is 5.75 Å². The molecule has 8 rings (SSSR count). The molecule has 1 N–H and O–H groups in total. The van der Waals surface area contributed by atoms with Crippen molar-refractivity contribution in [1.29, 1.82) is 0 Å². The summed E-state index contributed by atoms with van der Waals surface area (Å²) in [6, 6.07) is 12.6. The van der Waals surface area contributed by atoms with Crippen LogP contribution in [-0.2, 0) is 14.2 Å². The van der Waals surface area contributed by atoms with Crippen molar-refractivity contribution < 1.29 is 61.9 Å². The third kappa shape index (κ3) is 4.60. The van der Waals surface area contributed by atoms with Gasteiger partial charge in [-0.05, 0) is 18.2 Å². The molecular weight excluding hydrogens is 592 g/mol. The second kappa shape index (κ2) is 10.9. The molecule has 0 aromatic heterocycles. The largest absolute Gasteiger partial charge is 0.496 e. The first kappa shape index (κ1) is 28.2. The SMILES string of the molecule is COC[C@H]1Oc2cc([C@H]3OC[C@]4(O)[C@@H](Oc5cc6c(cc5OC)OCO6)OC[C@H]34)c(OC)cc2O[C@@H]1c1ccc2c(c1)OCO2. The molecule has 45 heavy (non-hydrogen) atoms. The van der Waals surface area contributed by atoms with Gasteiger partial charge in [-0.3, -0.25) is 0 Å². The van der Waals surface area contributed by atoms with Crippen LogP contribution in [-0.4, -0.2) is 77.8 Å². The molecule has 0 spiro atoms. The Kier molecular flexibility index (Phi) is 6.86. The Hall–Kier alpha value is -4.30. The van der Waals surface area contributed by atoms with Crippen LogP contribution in [0.4, 0.5) is 0 Å². The maximum atomic E-state index is 11.9. The highest BCUT2D eigenvalue weighted by molar-refractivity contribution is 5.56. The topological polar surface area (TPSA) is 131 Å². The average molecular weight is 625 g/mol. The molecule has 0 saturated carbocycles. The number of aliphatic hydroxyl groups is 1. The summed E-state index contributed by atoms with van der Waals surface area (Å²) in [5.74, 6) is 4.20. The second-order valence-corrected chi connectivity index (χ2v) is 11.3. The number of benzene rings is 3. The Bertz CT molecular complexity index is 1610. The van der Waals surface area contributed by atoms with E-state index in [4.69, 9.17) is 56.8 Å². The first-order chi connectivity index (χ1) is 22.0. The molecule has 13 heteroatoms. The zero-order chi connectivity index (χ0) is 30.7. The van der Waals surface area contributed by atoms with Crippen LogP contribution < -0.4 is 42.6 Å². The fourth-order valence-electron chi connectivity index (χ4n) is 6.47. The fraction of sp³-hybridized carbons (Fsp3) is 0.438. The first-order valence-electron chi connectivity index (χ1n) is 14.5. The van der Waals surface area contributed by atoms with E-state index >= 15 is 0 Å². The van der Waals surface area contributed by atoms with E-state index in [9.17, 15) is 5.11 Å². The summed E-state index contributed by atoms with van der Waals surface area (Å²) in [7, 11) is 4.71. The molecule has 6 atom stereocenters. The zero-order valence-corrected chi connectivity index (χ0v) is 24.8. The van der Waals surface area contributed by atoms with Crippen LogP contribution in [0.1, 0.15) is 23.3 Å². The molecule has 2 saturated heterocycles. The molecular formula is C32H32O13. The lowest BCUT2D eigenvalue weighted by Crippen LogP contribution is -2.47. The molecule has 0 radical (unpaired) electrons. The quantitative estimate of drug-likeness (QED) is 0.392. The van der Waals surface area contributed by atoms with Gasteiger partial charge < -0.3 is 61.9 Å². The van der Waals surface area contributed by atoms with E-state index in [1.807, 2.05) is 24.3 Å². The van der Waals surface area contributed by atoms with Crippen LogP contribution in [0, 0.1) is 5.92 Å². The van der Waals surface area contributed by atoms with Gasteiger partial charge in [0, 0.05) is 36.4 Å². The van der Waals surface area contributed by atoms with E-state index < -0.39 is 36.1 Å². The number of hydrogen-bond acceptors (Lipinski definition) is 13. The molecule has 3 aromatic carbocycles. The Morgan fingerprint density at radius 3 is 2.18 bits per heavy atom. The standard InChI is InChI=1S/C32H32O13/c1-34-12-28-29(16-4-5-19-22(6-16)40-14-39-19)44-27-8-20(35-2)17(7-25(27)43-28)30-18-11-37-31(32(18,33)13-38-30)45-26-10-24-23(41-15-42-24)9-21(26)36-3/h4-10,18,28-31,33H,11-15H2,1-3H3/t18-,28-,29-,30-,31-,32-/m1/s1. The van der Waals surface area contributed by atoms with E-state index in [-0.39, 0.29) is 33.4 Å². The minimum absolute atomic E-state index is 0.0318. The first-order valence-corrected chi connectivity index (χ1v) is 14.5. The van der Waals surface area contributed by atoms with Crippen molar-refractivity contribution in [3.05, 3.63) is 53.6 Å². The van der Waals surface area contributed by atoms with Crippen LogP contribution in [0.15, 0.2) is 42.5 Å². The molecule has 5 heterocycles. The van der Waals surface area contributed by atoms with Crippen molar-refractivity contribution in [2.24, 2.45) is 5.92 Å². The maximum absolute atomic E-state index is 11.9. The molecule has 0 unspecified atom stereocenters. The molecule has 2 fully saturated rings. The average Bonchev–Trinajstić information content (AvgIpc) is 3.84. The van der Waals surface area contributed by atoms with Crippen LogP contribution >= 0.6 is 0 Å². The third-order valence-electron chi connectivity index (χ3n) is 8.76. The Morgan fingerprint density at radius 2 is 1.42 bits per heavy atom. The molecule has 5 aliphatic heterocycles. The lowest BCUT2D eigenvalue weighted by molar-refractivity contribution is -0.152. The second-order valence-electron chi connectivity index (χ2n) is 11.3. The minimum atomic E-state index is -1.46. The molecule has 5 aliphatic rings. The molecule has 3 aromatic rings. The van der Waals surface area contributed by atoms with Gasteiger partial charge in [0.25, 0.3) is 0 Å². The minimum Gasteiger partial charge on any atom is -0.496 e. The van der Waals surface area contributed by atoms with Gasteiger partial charge in [0.15, 0.2) is 63.8 Å². The van der Waals surface area contributed by atoms with Crippen molar-refractivity contribution in [2.45, 2.75) is 30.2 Å². The van der Waals surface area contributed by atoms with Crippen molar-refractivity contribution >= 4 is 0 Å².